The zero-order chi connectivity index (χ0) is 10.2. The molecule has 1 rings (SSSR count). The zero-order valence-electron chi connectivity index (χ0n) is 7.87. The van der Waals surface area contributed by atoms with E-state index in [1.165, 1.54) is 0 Å². The van der Waals surface area contributed by atoms with Gasteiger partial charge in [-0.3, -0.25) is 4.39 Å². The second kappa shape index (κ2) is 5.98. The lowest BCUT2D eigenvalue weighted by molar-refractivity contribution is 0.287. The standard InChI is InChI=1S/C11H12FNO/c12-7-3-9-14-11-5-2-1-4-10(11)6-8-13/h1-2,4-5H,3,6-7,9H2. The van der Waals surface area contributed by atoms with E-state index in [2.05, 4.69) is 6.07 Å². The van der Waals surface area contributed by atoms with Gasteiger partial charge in [0, 0.05) is 12.0 Å². The van der Waals surface area contributed by atoms with E-state index in [0.717, 1.165) is 5.56 Å². The smallest absolute Gasteiger partial charge is 0.123 e. The van der Waals surface area contributed by atoms with E-state index in [0.29, 0.717) is 25.2 Å². The normalized spacial score (nSPS) is 9.43. The molecule has 0 atom stereocenters. The summed E-state index contributed by atoms with van der Waals surface area (Å²) in [5.74, 6) is 0.683. The van der Waals surface area contributed by atoms with Crippen molar-refractivity contribution in [3.05, 3.63) is 29.8 Å². The van der Waals surface area contributed by atoms with Crippen LogP contribution in [0.2, 0.25) is 0 Å². The summed E-state index contributed by atoms with van der Waals surface area (Å²) in [5.41, 5.74) is 0.855. The molecule has 74 valence electrons. The van der Waals surface area contributed by atoms with Crippen molar-refractivity contribution in [1.29, 1.82) is 5.26 Å². The summed E-state index contributed by atoms with van der Waals surface area (Å²) in [6, 6.07) is 9.39. The van der Waals surface area contributed by atoms with Crippen LogP contribution in [0, 0.1) is 11.3 Å². The lowest BCUT2D eigenvalue weighted by Crippen LogP contribution is -2.00. The number of para-hydroxylation sites is 1. The van der Waals surface area contributed by atoms with Crippen LogP contribution >= 0.6 is 0 Å². The van der Waals surface area contributed by atoms with Gasteiger partial charge in [0.15, 0.2) is 0 Å². The number of alkyl halides is 1. The minimum atomic E-state index is -0.375. The highest BCUT2D eigenvalue weighted by molar-refractivity contribution is 5.35. The van der Waals surface area contributed by atoms with E-state index in [1.807, 2.05) is 18.2 Å². The Hall–Kier alpha value is -1.56. The van der Waals surface area contributed by atoms with Crippen LogP contribution in [-0.2, 0) is 6.42 Å². The molecule has 14 heavy (non-hydrogen) atoms. The summed E-state index contributed by atoms with van der Waals surface area (Å²) in [4.78, 5) is 0. The molecule has 0 fully saturated rings. The van der Waals surface area contributed by atoms with Crippen molar-refractivity contribution in [3.63, 3.8) is 0 Å². The molecule has 0 N–H and O–H groups in total. The van der Waals surface area contributed by atoms with Crippen LogP contribution in [0.4, 0.5) is 4.39 Å². The number of rotatable bonds is 5. The van der Waals surface area contributed by atoms with Gasteiger partial charge in [-0.2, -0.15) is 5.26 Å². The maximum absolute atomic E-state index is 11.8. The van der Waals surface area contributed by atoms with E-state index in [4.69, 9.17) is 10.00 Å². The van der Waals surface area contributed by atoms with Gasteiger partial charge in [0.2, 0.25) is 0 Å². The maximum atomic E-state index is 11.8. The lowest BCUT2D eigenvalue weighted by Gasteiger charge is -2.07. The first-order chi connectivity index (χ1) is 6.88. The number of benzene rings is 1. The number of nitrogens with zero attached hydrogens (tertiary/aromatic N) is 1. The third-order valence-electron chi connectivity index (χ3n) is 1.78. The fourth-order valence-corrected chi connectivity index (χ4v) is 1.11. The summed E-state index contributed by atoms with van der Waals surface area (Å²) in [5, 5.41) is 8.55. The summed E-state index contributed by atoms with van der Waals surface area (Å²) >= 11 is 0. The second-order valence-corrected chi connectivity index (χ2v) is 2.83. The molecule has 3 heteroatoms. The van der Waals surface area contributed by atoms with E-state index in [9.17, 15) is 4.39 Å². The molecular weight excluding hydrogens is 181 g/mol. The fourth-order valence-electron chi connectivity index (χ4n) is 1.11. The molecule has 0 amide bonds. The fraction of sp³-hybridized carbons (Fsp3) is 0.364. The Labute approximate surface area is 82.9 Å². The molecule has 0 aromatic heterocycles. The molecule has 1 aromatic carbocycles. The SMILES string of the molecule is N#CCc1ccccc1OCCCF. The highest BCUT2D eigenvalue weighted by Crippen LogP contribution is 2.18. The molecule has 0 saturated heterocycles. The van der Waals surface area contributed by atoms with Crippen LogP contribution in [0.25, 0.3) is 0 Å². The molecule has 2 nitrogen and oxygen atoms in total. The molecule has 0 aliphatic heterocycles. The van der Waals surface area contributed by atoms with Crippen molar-refractivity contribution in [1.82, 2.24) is 0 Å². The Balaban J connectivity index is 2.60. The highest BCUT2D eigenvalue weighted by Gasteiger charge is 2.01. The Kier molecular flexibility index (Phi) is 4.49. The largest absolute Gasteiger partial charge is 0.493 e. The number of ether oxygens (including phenoxy) is 1. The van der Waals surface area contributed by atoms with Crippen LogP contribution < -0.4 is 4.74 Å². The summed E-state index contributed by atoms with van der Waals surface area (Å²) < 4.78 is 17.2. The molecule has 0 spiro atoms. The first-order valence-corrected chi connectivity index (χ1v) is 4.52. The highest BCUT2D eigenvalue weighted by atomic mass is 19.1. The Bertz CT molecular complexity index is 319. The zero-order valence-corrected chi connectivity index (χ0v) is 7.87. The number of hydrogen-bond acceptors (Lipinski definition) is 2. The summed E-state index contributed by atoms with van der Waals surface area (Å²) in [6.45, 7) is -0.0145. The number of halogens is 1. The average molecular weight is 193 g/mol. The molecule has 0 saturated carbocycles. The summed E-state index contributed by atoms with van der Waals surface area (Å²) in [6.07, 6.45) is 0.715. The van der Waals surface area contributed by atoms with Gasteiger partial charge in [-0.05, 0) is 6.07 Å². The van der Waals surface area contributed by atoms with Crippen molar-refractivity contribution < 1.29 is 9.13 Å². The van der Waals surface area contributed by atoms with Gasteiger partial charge in [0.05, 0.1) is 25.8 Å². The molecule has 0 unspecified atom stereocenters. The first kappa shape index (κ1) is 10.5. The van der Waals surface area contributed by atoms with Gasteiger partial charge in [0.1, 0.15) is 5.75 Å². The summed E-state index contributed by atoms with van der Waals surface area (Å²) in [7, 11) is 0. The minimum Gasteiger partial charge on any atom is -0.493 e. The molecule has 0 heterocycles. The topological polar surface area (TPSA) is 33.0 Å². The predicted molar refractivity (Wildman–Crippen MR) is 51.8 cm³/mol. The van der Waals surface area contributed by atoms with E-state index < -0.39 is 0 Å². The molecular formula is C11H12FNO. The Morgan fingerprint density at radius 3 is 2.86 bits per heavy atom. The van der Waals surface area contributed by atoms with E-state index in [-0.39, 0.29) is 6.67 Å². The van der Waals surface area contributed by atoms with Crippen molar-refractivity contribution in [3.8, 4) is 11.8 Å². The Morgan fingerprint density at radius 1 is 1.36 bits per heavy atom. The van der Waals surface area contributed by atoms with E-state index >= 15 is 0 Å². The monoisotopic (exact) mass is 193 g/mol. The van der Waals surface area contributed by atoms with Gasteiger partial charge in [0.25, 0.3) is 0 Å². The van der Waals surface area contributed by atoms with Crippen LogP contribution in [-0.4, -0.2) is 13.3 Å². The van der Waals surface area contributed by atoms with E-state index in [1.54, 1.807) is 6.07 Å². The average Bonchev–Trinajstić information content (AvgIpc) is 2.21. The minimum absolute atomic E-state index is 0.325. The number of hydrogen-bond donors (Lipinski definition) is 0. The van der Waals surface area contributed by atoms with Gasteiger partial charge in [-0.15, -0.1) is 0 Å². The quantitative estimate of drug-likeness (QED) is 0.673. The van der Waals surface area contributed by atoms with Gasteiger partial charge < -0.3 is 4.74 Å². The van der Waals surface area contributed by atoms with Crippen LogP contribution in [0.5, 0.6) is 5.75 Å². The molecule has 0 aliphatic carbocycles. The predicted octanol–water partition coefficient (Wildman–Crippen LogP) is 2.49. The third kappa shape index (κ3) is 3.06. The molecule has 1 aromatic rings. The van der Waals surface area contributed by atoms with Gasteiger partial charge in [-0.25, -0.2) is 0 Å². The van der Waals surface area contributed by atoms with Crippen molar-refractivity contribution in [2.24, 2.45) is 0 Å². The van der Waals surface area contributed by atoms with Crippen LogP contribution in [0.15, 0.2) is 24.3 Å². The molecule has 0 aliphatic rings. The van der Waals surface area contributed by atoms with Crippen molar-refractivity contribution in [2.45, 2.75) is 12.8 Å². The number of nitriles is 1. The second-order valence-electron chi connectivity index (χ2n) is 2.83. The lowest BCUT2D eigenvalue weighted by atomic mass is 10.1. The first-order valence-electron chi connectivity index (χ1n) is 4.52. The van der Waals surface area contributed by atoms with Crippen LogP contribution in [0.3, 0.4) is 0 Å². The van der Waals surface area contributed by atoms with Crippen LogP contribution in [0.1, 0.15) is 12.0 Å². The van der Waals surface area contributed by atoms with Crippen molar-refractivity contribution in [2.75, 3.05) is 13.3 Å². The Morgan fingerprint density at radius 2 is 2.14 bits per heavy atom. The van der Waals surface area contributed by atoms with Gasteiger partial charge in [-0.1, -0.05) is 18.2 Å². The maximum Gasteiger partial charge on any atom is 0.123 e. The molecule has 0 bridgehead atoms. The van der Waals surface area contributed by atoms with Gasteiger partial charge >= 0.3 is 0 Å². The molecule has 0 radical (unpaired) electrons. The third-order valence-corrected chi connectivity index (χ3v) is 1.78. The van der Waals surface area contributed by atoms with Crippen molar-refractivity contribution >= 4 is 0 Å².